The molecule has 2 saturated carbocycles. The van der Waals surface area contributed by atoms with Gasteiger partial charge in [0.2, 0.25) is 4.34 Å². The van der Waals surface area contributed by atoms with Crippen molar-refractivity contribution >= 4 is 73.8 Å². The lowest BCUT2D eigenvalue weighted by atomic mass is 9.74. The van der Waals surface area contributed by atoms with Crippen molar-refractivity contribution in [1.29, 1.82) is 0 Å². The van der Waals surface area contributed by atoms with E-state index in [1.807, 2.05) is 46.0 Å². The van der Waals surface area contributed by atoms with Crippen LogP contribution in [0.5, 0.6) is 0 Å². The molecule has 0 bridgehead atoms. The number of carbonyl (C=O) groups excluding carboxylic acids is 3. The van der Waals surface area contributed by atoms with Gasteiger partial charge in [-0.25, -0.2) is 13.8 Å². The van der Waals surface area contributed by atoms with Gasteiger partial charge in [-0.1, -0.05) is 50.4 Å². The molecule has 0 aromatic carbocycles. The summed E-state index contributed by atoms with van der Waals surface area (Å²) in [5.74, 6) is -0.521. The highest BCUT2D eigenvalue weighted by Crippen LogP contribution is 2.49. The quantitative estimate of drug-likeness (QED) is 0.0653. The molecule has 5 atom stereocenters. The molecule has 2 saturated heterocycles. The van der Waals surface area contributed by atoms with Gasteiger partial charge < -0.3 is 53.1 Å². The van der Waals surface area contributed by atoms with Crippen molar-refractivity contribution in [1.82, 2.24) is 44.9 Å². The van der Waals surface area contributed by atoms with Crippen LogP contribution >= 0.6 is 22.7 Å². The smallest absolute Gasteiger partial charge is 0.408 e. The summed E-state index contributed by atoms with van der Waals surface area (Å²) in [6.07, 6.45) is 16.2. The van der Waals surface area contributed by atoms with Gasteiger partial charge in [-0.2, -0.15) is 10.2 Å². The zero-order valence-electron chi connectivity index (χ0n) is 46.4. The molecule has 2 aliphatic heterocycles. The number of primary amides is 2. The Bertz CT molecular complexity index is 3150. The number of anilines is 2. The maximum Gasteiger partial charge on any atom is 0.408 e. The number of nitrogens with zero attached hydrogens (tertiary/aromatic N) is 8. The van der Waals surface area contributed by atoms with Gasteiger partial charge in [0.05, 0.1) is 56.7 Å². The number of nitrogens with two attached hydrogens (primary N) is 4. The zero-order valence-corrected chi connectivity index (χ0v) is 48.9. The van der Waals surface area contributed by atoms with Crippen LogP contribution in [-0.4, -0.2) is 129 Å². The van der Waals surface area contributed by atoms with E-state index in [4.69, 9.17) is 37.1 Å². The Balaban J connectivity index is 0.000000183. The molecule has 22 nitrogen and oxygen atoms in total. The van der Waals surface area contributed by atoms with E-state index in [1.54, 1.807) is 32.8 Å². The Morgan fingerprint density at radius 1 is 0.744 bits per heavy atom. The Hall–Kier alpha value is -5.70. The third-order valence-electron chi connectivity index (χ3n) is 16.4. The lowest BCUT2D eigenvalue weighted by Crippen LogP contribution is -2.57. The van der Waals surface area contributed by atoms with Gasteiger partial charge in [0.1, 0.15) is 20.6 Å². The van der Waals surface area contributed by atoms with Gasteiger partial charge in [-0.05, 0) is 104 Å². The Morgan fingerprint density at radius 2 is 1.24 bits per heavy atom. The molecule has 78 heavy (non-hydrogen) atoms. The number of alkyl carbamates (subject to hydrolysis) is 1. The first-order valence-electron chi connectivity index (χ1n) is 26.5. The fraction of sp³-hybridized carbons (Fsp3) is 0.604. The van der Waals surface area contributed by atoms with Crippen LogP contribution in [0.15, 0.2) is 41.3 Å². The SMILES string of the molecule is CC1(C)[C@H](Nc2c(C(N)=O)cnn3cc(-c4nnc(CC5CCOCC5)s4)cc23)CC[C@]1(C)N.CS(=O)c1nnc(-c2cc3c(N[C@@H]4CC[C@](C)(NC(=O)OC(C)(C)C)C4(C)C)c(C(N)=O)cnn3c2)s1.NC1CCOCC1. The molecule has 0 spiro atoms. The van der Waals surface area contributed by atoms with E-state index in [1.165, 1.54) is 23.7 Å². The van der Waals surface area contributed by atoms with E-state index in [0.717, 1.165) is 104 Å². The molecule has 11 N–H and O–H groups in total. The largest absolute Gasteiger partial charge is 0.444 e. The first-order chi connectivity index (χ1) is 36.7. The highest BCUT2D eigenvalue weighted by molar-refractivity contribution is 7.86. The number of rotatable bonds is 12. The van der Waals surface area contributed by atoms with Gasteiger partial charge in [-0.3, -0.25) is 13.8 Å². The number of hydrogen-bond donors (Lipinski definition) is 7. The van der Waals surface area contributed by atoms with Crippen molar-refractivity contribution in [3.63, 3.8) is 0 Å². The molecule has 6 aromatic rings. The number of ether oxygens (including phenoxy) is 3. The molecule has 4 fully saturated rings. The molecular formula is C53H77N15O7S3. The predicted molar refractivity (Wildman–Crippen MR) is 304 cm³/mol. The Morgan fingerprint density at radius 3 is 1.71 bits per heavy atom. The fourth-order valence-corrected chi connectivity index (χ4v) is 12.8. The second-order valence-electron chi connectivity index (χ2n) is 23.5. The molecule has 4 aliphatic rings. The number of amides is 3. The number of aromatic nitrogens is 8. The summed E-state index contributed by atoms with van der Waals surface area (Å²) >= 11 is 2.85. The fourth-order valence-electron chi connectivity index (χ4n) is 10.5. The Kier molecular flexibility index (Phi) is 17.4. The summed E-state index contributed by atoms with van der Waals surface area (Å²) < 4.78 is 31.7. The van der Waals surface area contributed by atoms with Gasteiger partial charge in [0, 0.05) is 103 Å². The summed E-state index contributed by atoms with van der Waals surface area (Å²) in [6.45, 7) is 21.5. The van der Waals surface area contributed by atoms with Crippen molar-refractivity contribution in [3.8, 4) is 21.1 Å². The van der Waals surface area contributed by atoms with E-state index in [9.17, 15) is 18.6 Å². The van der Waals surface area contributed by atoms with Gasteiger partial charge in [0.15, 0.2) is 0 Å². The lowest BCUT2D eigenvalue weighted by Gasteiger charge is -2.42. The average Bonchev–Trinajstić information content (AvgIpc) is 4.32. The van der Waals surface area contributed by atoms with Crippen LogP contribution in [-0.2, 0) is 31.4 Å². The summed E-state index contributed by atoms with van der Waals surface area (Å²) in [4.78, 5) is 37.3. The van der Waals surface area contributed by atoms with Crippen LogP contribution in [0.3, 0.4) is 0 Å². The van der Waals surface area contributed by atoms with Crippen LogP contribution in [0.4, 0.5) is 16.2 Å². The van der Waals surface area contributed by atoms with E-state index >= 15 is 0 Å². The molecule has 1 unspecified atom stereocenters. The van der Waals surface area contributed by atoms with Crippen LogP contribution in [0.25, 0.3) is 32.2 Å². The van der Waals surface area contributed by atoms with Crippen LogP contribution < -0.4 is 38.9 Å². The topological polar surface area (TPSA) is 322 Å². The maximum atomic E-state index is 12.6. The molecule has 10 rings (SSSR count). The van der Waals surface area contributed by atoms with Crippen molar-refractivity contribution in [2.75, 3.05) is 43.3 Å². The summed E-state index contributed by atoms with van der Waals surface area (Å²) in [5.41, 5.74) is 26.5. The van der Waals surface area contributed by atoms with Crippen molar-refractivity contribution < 1.29 is 32.8 Å². The third-order valence-corrected chi connectivity index (χ3v) is 19.7. The van der Waals surface area contributed by atoms with Crippen molar-refractivity contribution in [2.45, 2.75) is 159 Å². The maximum absolute atomic E-state index is 12.6. The second-order valence-corrected chi connectivity index (χ2v) is 27.1. The molecule has 25 heteroatoms. The lowest BCUT2D eigenvalue weighted by molar-refractivity contribution is 0.0382. The van der Waals surface area contributed by atoms with E-state index in [2.05, 4.69) is 81.2 Å². The first-order valence-corrected chi connectivity index (χ1v) is 29.7. The average molecular weight is 1130 g/mol. The minimum Gasteiger partial charge on any atom is -0.444 e. The molecule has 0 radical (unpaired) electrons. The minimum atomic E-state index is -1.23. The highest BCUT2D eigenvalue weighted by Gasteiger charge is 2.53. The van der Waals surface area contributed by atoms with Gasteiger partial charge >= 0.3 is 6.09 Å². The normalized spacial score (nSPS) is 23.7. The van der Waals surface area contributed by atoms with E-state index < -0.39 is 45.3 Å². The summed E-state index contributed by atoms with van der Waals surface area (Å²) in [5, 5.41) is 38.6. The van der Waals surface area contributed by atoms with Crippen LogP contribution in [0.1, 0.15) is 139 Å². The molecule has 8 heterocycles. The van der Waals surface area contributed by atoms with Crippen LogP contribution in [0, 0.1) is 16.7 Å². The highest BCUT2D eigenvalue weighted by atomic mass is 32.2. The standard InChI is InChI=1S/C24H33N7O4S2.C24H33N7O2S.C5H11NO/c1-22(2,3)35-20(33)28-24(6)9-8-16(23(24,4)5)27-17-14(18(25)32)11-26-31-12-13(10-15(17)31)19-29-30-21(36-19)37(7)34;1-23(2)18(4-7-24(23,3)26)28-20-16(21(25)32)12-27-31-13-15(11-17(20)31)22-30-29-19(34-22)10-14-5-8-33-9-6-14;6-5-1-3-7-4-2-5/h10-12,16,27H,8-9H2,1-7H3,(H2,25,32)(H,28,33);11-14,18,28H,4-10,26H2,1-3H3,(H2,25,32);5H,1-4,6H2/t16-,24+,37?;18-,24+;/m11./s1. The first kappa shape index (κ1) is 58.4. The van der Waals surface area contributed by atoms with Crippen LogP contribution in [0.2, 0.25) is 0 Å². The number of nitrogens with one attached hydrogen (secondary N) is 3. The molecule has 2 aliphatic carbocycles. The minimum absolute atomic E-state index is 0.0951. The molecule has 3 amide bonds. The summed E-state index contributed by atoms with van der Waals surface area (Å²) in [7, 11) is -1.23. The predicted octanol–water partition coefficient (Wildman–Crippen LogP) is 6.94. The van der Waals surface area contributed by atoms with Gasteiger partial charge in [-0.15, -0.1) is 20.4 Å². The number of hydrogen-bond acceptors (Lipinski definition) is 19. The third kappa shape index (κ3) is 12.8. The second kappa shape index (κ2) is 23.2. The van der Waals surface area contributed by atoms with E-state index in [0.29, 0.717) is 50.2 Å². The monoisotopic (exact) mass is 1130 g/mol. The molecule has 6 aromatic heterocycles. The molecular weight excluding hydrogens is 1050 g/mol. The number of carbonyl (C=O) groups is 3. The van der Waals surface area contributed by atoms with Crippen molar-refractivity contribution in [2.24, 2.45) is 39.7 Å². The van der Waals surface area contributed by atoms with Gasteiger partial charge in [0.25, 0.3) is 11.8 Å². The number of fused-ring (bicyclic) bond motifs is 2. The van der Waals surface area contributed by atoms with E-state index in [-0.39, 0.29) is 28.6 Å². The van der Waals surface area contributed by atoms with Crippen molar-refractivity contribution in [3.05, 3.63) is 53.1 Å². The molecule has 424 valence electrons. The zero-order chi connectivity index (χ0) is 56.5. The summed E-state index contributed by atoms with van der Waals surface area (Å²) in [6, 6.07) is 4.26. The Labute approximate surface area is 465 Å².